The number of piperazine rings is 1. The number of hydrogen-bond donors (Lipinski definition) is 0. The fraction of sp³-hybridized carbons (Fsp3) is 0.281. The number of halogens is 1. The van der Waals surface area contributed by atoms with E-state index < -0.39 is 10.0 Å². The number of aryl methyl sites for hydroxylation is 2. The molecule has 7 nitrogen and oxygen atoms in total. The Morgan fingerprint density at radius 2 is 1.36 bits per heavy atom. The molecule has 0 N–H and O–H groups in total. The summed E-state index contributed by atoms with van der Waals surface area (Å²) in [5.41, 5.74) is 6.76. The molecule has 0 saturated carbocycles. The fourth-order valence-electron chi connectivity index (χ4n) is 5.03. The molecule has 0 bridgehead atoms. The molecule has 0 spiro atoms. The van der Waals surface area contributed by atoms with Crippen molar-refractivity contribution in [3.63, 3.8) is 0 Å². The number of quaternary nitrogens is 1. The van der Waals surface area contributed by atoms with Gasteiger partial charge in [0.1, 0.15) is 27.1 Å². The molecule has 44 heavy (non-hydrogen) atoms. The quantitative estimate of drug-likeness (QED) is 0.173. The maximum Gasteiger partial charge on any atom is 0.245 e. The topological polar surface area (TPSA) is 76.1 Å². The van der Waals surface area contributed by atoms with E-state index in [0.29, 0.717) is 18.8 Å². The summed E-state index contributed by atoms with van der Waals surface area (Å²) in [6.07, 6.45) is 1.49. The lowest BCUT2D eigenvalue weighted by molar-refractivity contribution is -0.926. The van der Waals surface area contributed by atoms with Crippen LogP contribution in [0, 0.1) is 13.8 Å². The van der Waals surface area contributed by atoms with Crippen LogP contribution in [-0.4, -0.2) is 65.4 Å². The Labute approximate surface area is 278 Å². The van der Waals surface area contributed by atoms with Crippen LogP contribution in [0.25, 0.3) is 21.1 Å². The summed E-state index contributed by atoms with van der Waals surface area (Å²) in [6.45, 7) is 7.35. The second-order valence-corrected chi connectivity index (χ2v) is 15.9. The average Bonchev–Trinajstić information content (AvgIpc) is 3.67. The van der Waals surface area contributed by atoms with E-state index >= 15 is 0 Å². The van der Waals surface area contributed by atoms with Crippen molar-refractivity contribution in [3.8, 4) is 21.1 Å². The largest absolute Gasteiger partial charge is 1.00 e. The van der Waals surface area contributed by atoms with Crippen LogP contribution in [0.4, 0.5) is 0 Å². The Kier molecular flexibility index (Phi) is 10.3. The van der Waals surface area contributed by atoms with Gasteiger partial charge < -0.3 is 16.9 Å². The number of nitrogens with zero attached hydrogens (tertiary/aromatic N) is 5. The number of benzene rings is 2. The van der Waals surface area contributed by atoms with E-state index in [2.05, 4.69) is 85.2 Å². The molecule has 1 fully saturated rings. The zero-order valence-electron chi connectivity index (χ0n) is 24.8. The number of hydrogen-bond acceptors (Lipinski definition) is 8. The summed E-state index contributed by atoms with van der Waals surface area (Å²) in [4.78, 5) is 14.4. The van der Waals surface area contributed by atoms with Crippen molar-refractivity contribution in [1.29, 1.82) is 0 Å². The maximum absolute atomic E-state index is 13.4. The van der Waals surface area contributed by atoms with Crippen molar-refractivity contribution in [3.05, 3.63) is 100 Å². The van der Waals surface area contributed by atoms with E-state index in [-0.39, 0.29) is 17.3 Å². The average molecular weight is 684 g/mol. The van der Waals surface area contributed by atoms with Gasteiger partial charge in [-0.05, 0) is 26.0 Å². The number of rotatable bonds is 9. The van der Waals surface area contributed by atoms with Gasteiger partial charge in [0.15, 0.2) is 0 Å². The van der Waals surface area contributed by atoms with Crippen molar-refractivity contribution in [2.75, 3.05) is 33.2 Å². The standard InChI is InChI=1S/C32H34N5O2S4.ClH/c1-23-4-8-25(9-5-23)31-34-27(20-41-31)19-37(3)16-14-36(15-17-37)43(38,39)29-12-13-30(33-18-29)40-21-28-22-42-32(35-28)26-10-6-24(2)7-11-26;/h4-13,18,20,22H,14-17,19,21H2,1-3H3;1H/q+1;/p-1. The third-order valence-electron chi connectivity index (χ3n) is 7.74. The van der Waals surface area contributed by atoms with Gasteiger partial charge >= 0.3 is 0 Å². The molecular weight excluding hydrogens is 650 g/mol. The minimum Gasteiger partial charge on any atom is -1.00 e. The van der Waals surface area contributed by atoms with Gasteiger partial charge in [0.25, 0.3) is 0 Å². The second-order valence-electron chi connectivity index (χ2n) is 11.3. The highest BCUT2D eigenvalue weighted by atomic mass is 35.5. The number of likely N-dealkylation sites (N-methyl/N-ethyl adjacent to an activating group) is 1. The summed E-state index contributed by atoms with van der Waals surface area (Å²) in [6, 6.07) is 20.3. The van der Waals surface area contributed by atoms with Crippen molar-refractivity contribution in [2.45, 2.75) is 36.1 Å². The zero-order valence-corrected chi connectivity index (χ0v) is 28.8. The van der Waals surface area contributed by atoms with Gasteiger partial charge in [-0.15, -0.1) is 34.4 Å². The van der Waals surface area contributed by atoms with E-state index in [0.717, 1.165) is 61.7 Å². The number of aromatic nitrogens is 3. The third kappa shape index (κ3) is 7.59. The van der Waals surface area contributed by atoms with Crippen LogP contribution >= 0.6 is 34.4 Å². The number of sulfonamides is 1. The van der Waals surface area contributed by atoms with Gasteiger partial charge in [0, 0.05) is 33.8 Å². The molecule has 1 aliphatic rings. The first kappa shape index (κ1) is 32.7. The Morgan fingerprint density at radius 3 is 1.91 bits per heavy atom. The number of thiazole rings is 2. The van der Waals surface area contributed by atoms with Crippen molar-refractivity contribution < 1.29 is 25.3 Å². The molecule has 1 saturated heterocycles. The summed E-state index contributed by atoms with van der Waals surface area (Å²) in [5, 5.41) is 7.00. The van der Waals surface area contributed by atoms with E-state index in [1.54, 1.807) is 50.9 Å². The van der Waals surface area contributed by atoms with Crippen LogP contribution in [0.2, 0.25) is 0 Å². The van der Waals surface area contributed by atoms with Crippen molar-refractivity contribution in [1.82, 2.24) is 19.3 Å². The van der Waals surface area contributed by atoms with Crippen LogP contribution in [0.15, 0.2) is 87.5 Å². The monoisotopic (exact) mass is 683 g/mol. The molecule has 12 heteroatoms. The van der Waals surface area contributed by atoms with Crippen LogP contribution in [0.1, 0.15) is 22.5 Å². The second kappa shape index (κ2) is 13.8. The summed E-state index contributed by atoms with van der Waals surface area (Å²) >= 11 is 4.85. The lowest BCUT2D eigenvalue weighted by atomic mass is 10.2. The smallest absolute Gasteiger partial charge is 0.245 e. The van der Waals surface area contributed by atoms with E-state index in [9.17, 15) is 8.42 Å². The van der Waals surface area contributed by atoms with Gasteiger partial charge in [-0.25, -0.2) is 23.4 Å². The van der Waals surface area contributed by atoms with Crippen molar-refractivity contribution in [2.24, 2.45) is 0 Å². The highest BCUT2D eigenvalue weighted by Gasteiger charge is 2.36. The predicted octanol–water partition coefficient (Wildman–Crippen LogP) is 3.89. The Balaban J connectivity index is 0.00000384. The molecule has 0 aliphatic carbocycles. The van der Waals surface area contributed by atoms with E-state index in [1.807, 2.05) is 0 Å². The molecule has 4 heterocycles. The summed E-state index contributed by atoms with van der Waals surface area (Å²) in [7, 11) is -1.42. The highest BCUT2D eigenvalue weighted by Crippen LogP contribution is 2.29. The van der Waals surface area contributed by atoms with Crippen LogP contribution in [-0.2, 0) is 22.3 Å². The van der Waals surface area contributed by atoms with Gasteiger partial charge in [0.05, 0.1) is 43.9 Å². The molecule has 0 atom stereocenters. The first-order chi connectivity index (χ1) is 20.7. The summed E-state index contributed by atoms with van der Waals surface area (Å²) in [5.74, 6) is 0.676. The normalized spacial score (nSPS) is 15.2. The molecule has 0 unspecified atom stereocenters. The minimum absolute atomic E-state index is 0. The van der Waals surface area contributed by atoms with Crippen LogP contribution < -0.4 is 12.4 Å². The number of thioether (sulfide) groups is 1. The van der Waals surface area contributed by atoms with Crippen LogP contribution in [0.3, 0.4) is 0 Å². The maximum atomic E-state index is 13.4. The fourth-order valence-corrected chi connectivity index (χ4v) is 8.88. The van der Waals surface area contributed by atoms with E-state index in [4.69, 9.17) is 9.97 Å². The van der Waals surface area contributed by atoms with Crippen LogP contribution in [0.5, 0.6) is 0 Å². The van der Waals surface area contributed by atoms with Gasteiger partial charge in [-0.1, -0.05) is 59.7 Å². The minimum atomic E-state index is -3.61. The SMILES string of the molecule is Cc1ccc(-c2nc(CSc3ccc(S(=O)(=O)N4CC[N+](C)(Cc5csc(-c6ccc(C)cc6)n5)CC4)cn3)cs2)cc1.[Cl-]. The number of pyridine rings is 1. The lowest BCUT2D eigenvalue weighted by Crippen LogP contribution is -3.00. The molecule has 230 valence electrons. The van der Waals surface area contributed by atoms with E-state index in [1.165, 1.54) is 17.3 Å². The first-order valence-electron chi connectivity index (χ1n) is 14.1. The van der Waals surface area contributed by atoms with Gasteiger partial charge in [-0.3, -0.25) is 0 Å². The zero-order chi connectivity index (χ0) is 30.0. The van der Waals surface area contributed by atoms with Gasteiger partial charge in [0.2, 0.25) is 10.0 Å². The van der Waals surface area contributed by atoms with Crippen molar-refractivity contribution >= 4 is 44.5 Å². The molecular formula is C32H34ClN5O2S4. The molecule has 0 amide bonds. The third-order valence-corrected chi connectivity index (χ3v) is 12.5. The first-order valence-corrected chi connectivity index (χ1v) is 18.3. The molecule has 5 aromatic rings. The van der Waals surface area contributed by atoms with Gasteiger partial charge in [-0.2, -0.15) is 4.31 Å². The molecule has 0 radical (unpaired) electrons. The Hall–Kier alpha value is -2.64. The Morgan fingerprint density at radius 1 is 0.818 bits per heavy atom. The molecule has 2 aromatic carbocycles. The molecule has 3 aromatic heterocycles. The lowest BCUT2D eigenvalue weighted by Gasteiger charge is -2.41. The molecule has 6 rings (SSSR count). The summed E-state index contributed by atoms with van der Waals surface area (Å²) < 4.78 is 29.2. The predicted molar refractivity (Wildman–Crippen MR) is 177 cm³/mol. The Bertz CT molecular complexity index is 1800. The molecule has 1 aliphatic heterocycles. The highest BCUT2D eigenvalue weighted by molar-refractivity contribution is 7.98.